The van der Waals surface area contributed by atoms with E-state index in [9.17, 15) is 0 Å². The molecule has 1 heterocycles. The lowest BCUT2D eigenvalue weighted by molar-refractivity contribution is 0.739. The summed E-state index contributed by atoms with van der Waals surface area (Å²) in [6, 6.07) is -0.128. The van der Waals surface area contributed by atoms with Gasteiger partial charge in [0.25, 0.3) is 0 Å². The molecule has 0 saturated heterocycles. The van der Waals surface area contributed by atoms with E-state index in [0.29, 0.717) is 10.8 Å². The molecule has 0 aromatic carbocycles. The molecule has 1 unspecified atom stereocenters. The van der Waals surface area contributed by atoms with Crippen LogP contribution in [-0.2, 0) is 0 Å². The Labute approximate surface area is 76.4 Å². The smallest absolute Gasteiger partial charge is 0.144 e. The van der Waals surface area contributed by atoms with Gasteiger partial charge in [-0.3, -0.25) is 0 Å². The van der Waals surface area contributed by atoms with Crippen LogP contribution in [0.4, 0.5) is 0 Å². The number of rotatable bonds is 1. The fraction of sp³-hybridized carbons (Fsp3) is 0.333. The maximum atomic E-state index is 5.55. The Morgan fingerprint density at radius 2 is 1.91 bits per heavy atom. The molecule has 3 nitrogen and oxygen atoms in total. The first-order chi connectivity index (χ1) is 4.70. The van der Waals surface area contributed by atoms with E-state index in [2.05, 4.69) is 9.97 Å². The standard InChI is InChI=1S/C6H8ClN3.ClH/c1-4(8)6-9-2-5(7)3-10-6;/h2-4H,8H2,1H3;1H. The molecule has 0 spiro atoms. The van der Waals surface area contributed by atoms with Crippen LogP contribution in [0.5, 0.6) is 0 Å². The van der Waals surface area contributed by atoms with Crippen molar-refractivity contribution in [3.05, 3.63) is 23.2 Å². The Bertz CT molecular complexity index is 210. The van der Waals surface area contributed by atoms with Crippen molar-refractivity contribution in [1.29, 1.82) is 0 Å². The number of aromatic nitrogens is 2. The number of hydrogen-bond acceptors (Lipinski definition) is 3. The Kier molecular flexibility index (Phi) is 4.33. The number of hydrogen-bond donors (Lipinski definition) is 1. The zero-order chi connectivity index (χ0) is 7.56. The van der Waals surface area contributed by atoms with Gasteiger partial charge >= 0.3 is 0 Å². The van der Waals surface area contributed by atoms with Crippen LogP contribution in [0.3, 0.4) is 0 Å². The van der Waals surface area contributed by atoms with Gasteiger partial charge in [-0.1, -0.05) is 11.6 Å². The minimum Gasteiger partial charge on any atom is -0.322 e. The van der Waals surface area contributed by atoms with Crippen LogP contribution >= 0.6 is 24.0 Å². The van der Waals surface area contributed by atoms with Gasteiger partial charge in [0, 0.05) is 12.4 Å². The van der Waals surface area contributed by atoms with Crippen molar-refractivity contribution >= 4 is 24.0 Å². The summed E-state index contributed by atoms with van der Waals surface area (Å²) in [4.78, 5) is 7.82. The van der Waals surface area contributed by atoms with Gasteiger partial charge in [0.2, 0.25) is 0 Å². The lowest BCUT2D eigenvalue weighted by Crippen LogP contribution is -2.08. The highest BCUT2D eigenvalue weighted by molar-refractivity contribution is 6.30. The normalized spacial score (nSPS) is 11.9. The summed E-state index contributed by atoms with van der Waals surface area (Å²) < 4.78 is 0. The lowest BCUT2D eigenvalue weighted by Gasteiger charge is -2.00. The summed E-state index contributed by atoms with van der Waals surface area (Å²) in [5, 5.41) is 0.532. The predicted octanol–water partition coefficient (Wildman–Crippen LogP) is 1.57. The van der Waals surface area contributed by atoms with Crippen LogP contribution in [0.1, 0.15) is 18.8 Å². The fourth-order valence-electron chi connectivity index (χ4n) is 0.557. The van der Waals surface area contributed by atoms with Crippen LogP contribution in [0.25, 0.3) is 0 Å². The fourth-order valence-corrected chi connectivity index (χ4v) is 0.655. The number of nitrogens with two attached hydrogens (primary N) is 1. The quantitative estimate of drug-likeness (QED) is 0.738. The molecule has 0 aliphatic heterocycles. The summed E-state index contributed by atoms with van der Waals surface area (Å²) in [7, 11) is 0. The van der Waals surface area contributed by atoms with Crippen LogP contribution in [0.15, 0.2) is 12.4 Å². The molecule has 1 rings (SSSR count). The number of halogens is 2. The molecule has 1 aromatic rings. The van der Waals surface area contributed by atoms with E-state index in [1.54, 1.807) is 0 Å². The van der Waals surface area contributed by atoms with E-state index in [1.165, 1.54) is 12.4 Å². The molecule has 0 radical (unpaired) electrons. The molecule has 0 bridgehead atoms. The van der Waals surface area contributed by atoms with Gasteiger partial charge in [0.05, 0.1) is 11.1 Å². The first-order valence-corrected chi connectivity index (χ1v) is 3.31. The van der Waals surface area contributed by atoms with Crippen molar-refractivity contribution in [2.45, 2.75) is 13.0 Å². The molecule has 11 heavy (non-hydrogen) atoms. The third kappa shape index (κ3) is 3.01. The van der Waals surface area contributed by atoms with E-state index in [0.717, 1.165) is 0 Å². The van der Waals surface area contributed by atoms with Crippen LogP contribution in [0, 0.1) is 0 Å². The van der Waals surface area contributed by atoms with Crippen molar-refractivity contribution in [3.63, 3.8) is 0 Å². The highest BCUT2D eigenvalue weighted by Gasteiger charge is 2.00. The van der Waals surface area contributed by atoms with Gasteiger partial charge in [0.1, 0.15) is 5.82 Å². The highest BCUT2D eigenvalue weighted by Crippen LogP contribution is 2.06. The Hall–Kier alpha value is -0.380. The third-order valence-corrected chi connectivity index (χ3v) is 1.24. The van der Waals surface area contributed by atoms with Gasteiger partial charge in [-0.2, -0.15) is 0 Å². The minimum absolute atomic E-state index is 0. The van der Waals surface area contributed by atoms with E-state index in [-0.39, 0.29) is 18.4 Å². The average Bonchev–Trinajstić information content (AvgIpc) is 1.88. The first-order valence-electron chi connectivity index (χ1n) is 2.93. The Morgan fingerprint density at radius 3 is 2.27 bits per heavy atom. The van der Waals surface area contributed by atoms with E-state index in [1.807, 2.05) is 6.92 Å². The zero-order valence-electron chi connectivity index (χ0n) is 5.99. The first kappa shape index (κ1) is 10.6. The third-order valence-electron chi connectivity index (χ3n) is 1.05. The molecule has 0 amide bonds. The highest BCUT2D eigenvalue weighted by atomic mass is 35.5. The summed E-state index contributed by atoms with van der Waals surface area (Å²) >= 11 is 5.55. The van der Waals surface area contributed by atoms with Crippen molar-refractivity contribution in [2.24, 2.45) is 5.73 Å². The topological polar surface area (TPSA) is 51.8 Å². The van der Waals surface area contributed by atoms with Crippen molar-refractivity contribution in [2.75, 3.05) is 0 Å². The largest absolute Gasteiger partial charge is 0.322 e. The molecule has 0 fully saturated rings. The lowest BCUT2D eigenvalue weighted by atomic mass is 10.3. The van der Waals surface area contributed by atoms with Gasteiger partial charge in [-0.25, -0.2) is 9.97 Å². The monoisotopic (exact) mass is 193 g/mol. The average molecular weight is 194 g/mol. The van der Waals surface area contributed by atoms with E-state index >= 15 is 0 Å². The second-order valence-corrected chi connectivity index (χ2v) is 2.48. The molecule has 0 aliphatic carbocycles. The molecule has 62 valence electrons. The number of nitrogens with zero attached hydrogens (tertiary/aromatic N) is 2. The molecule has 1 atom stereocenters. The molecule has 0 saturated carbocycles. The van der Waals surface area contributed by atoms with Gasteiger partial charge < -0.3 is 5.73 Å². The van der Waals surface area contributed by atoms with Gasteiger partial charge in [-0.05, 0) is 6.92 Å². The molecular formula is C6H9Cl2N3. The van der Waals surface area contributed by atoms with Crippen molar-refractivity contribution in [3.8, 4) is 0 Å². The zero-order valence-corrected chi connectivity index (χ0v) is 7.56. The molecule has 5 heteroatoms. The molecule has 1 aromatic heterocycles. The van der Waals surface area contributed by atoms with Crippen molar-refractivity contribution < 1.29 is 0 Å². The minimum atomic E-state index is -0.128. The SMILES string of the molecule is CC(N)c1ncc(Cl)cn1.Cl. The second kappa shape index (κ2) is 4.49. The van der Waals surface area contributed by atoms with E-state index in [4.69, 9.17) is 17.3 Å². The predicted molar refractivity (Wildman–Crippen MR) is 46.9 cm³/mol. The Balaban J connectivity index is 0.000001000. The van der Waals surface area contributed by atoms with E-state index < -0.39 is 0 Å². The van der Waals surface area contributed by atoms with Crippen LogP contribution < -0.4 is 5.73 Å². The molecular weight excluding hydrogens is 185 g/mol. The maximum absolute atomic E-state index is 5.55. The second-order valence-electron chi connectivity index (χ2n) is 2.05. The van der Waals surface area contributed by atoms with Crippen LogP contribution in [0.2, 0.25) is 5.02 Å². The van der Waals surface area contributed by atoms with Gasteiger partial charge in [-0.15, -0.1) is 12.4 Å². The summed E-state index contributed by atoms with van der Waals surface area (Å²) in [5.41, 5.74) is 5.50. The summed E-state index contributed by atoms with van der Waals surface area (Å²) in [5.74, 6) is 0.615. The Morgan fingerprint density at radius 1 is 1.45 bits per heavy atom. The van der Waals surface area contributed by atoms with Gasteiger partial charge in [0.15, 0.2) is 0 Å². The molecule has 2 N–H and O–H groups in total. The summed E-state index contributed by atoms with van der Waals surface area (Å²) in [6.45, 7) is 1.82. The maximum Gasteiger partial charge on any atom is 0.144 e. The van der Waals surface area contributed by atoms with Crippen LogP contribution in [-0.4, -0.2) is 9.97 Å². The summed E-state index contributed by atoms with van der Waals surface area (Å²) in [6.07, 6.45) is 3.07. The van der Waals surface area contributed by atoms with Crippen molar-refractivity contribution in [1.82, 2.24) is 9.97 Å². The molecule has 0 aliphatic rings.